The lowest BCUT2D eigenvalue weighted by Crippen LogP contribution is -2.04. The third-order valence-corrected chi connectivity index (χ3v) is 7.31. The first-order valence-electron chi connectivity index (χ1n) is 8.36. The molecule has 0 aliphatic rings. The van der Waals surface area contributed by atoms with E-state index < -0.39 is 9.84 Å². The number of hydrogen-bond acceptors (Lipinski definition) is 6. The van der Waals surface area contributed by atoms with Gasteiger partial charge >= 0.3 is 0 Å². The Balaban J connectivity index is 1.73. The summed E-state index contributed by atoms with van der Waals surface area (Å²) in [6.07, 6.45) is 1.45. The van der Waals surface area contributed by atoms with Crippen molar-refractivity contribution in [3.8, 4) is 11.7 Å². The van der Waals surface area contributed by atoms with E-state index in [0.717, 1.165) is 10.0 Å². The number of nitrogens with zero attached hydrogens (tertiary/aromatic N) is 1. The molecule has 0 fully saturated rings. The van der Waals surface area contributed by atoms with Gasteiger partial charge in [0.2, 0.25) is 20.0 Å². The molecule has 0 saturated heterocycles. The van der Waals surface area contributed by atoms with Crippen LogP contribution in [0.5, 0.6) is 0 Å². The molecular weight excluding hydrogens is 481 g/mol. The standard InChI is InChI=1S/C20H13BrFNO4S2/c21-14-5-9-16(10-6-14)29(24,25)19-20(27-18(23-19)17-2-1-11-26-17)28-12-13-3-7-15(22)8-4-13/h1-11H,12H2. The maximum absolute atomic E-state index is 13.2. The maximum atomic E-state index is 13.2. The molecular formula is C20H13BrFNO4S2. The number of aromatic nitrogens is 1. The van der Waals surface area contributed by atoms with E-state index in [1.54, 1.807) is 36.4 Å². The monoisotopic (exact) mass is 493 g/mol. The molecule has 0 aliphatic carbocycles. The molecule has 4 rings (SSSR count). The third kappa shape index (κ3) is 4.31. The number of thioether (sulfide) groups is 1. The highest BCUT2D eigenvalue weighted by Gasteiger charge is 2.29. The molecule has 4 aromatic rings. The van der Waals surface area contributed by atoms with Gasteiger partial charge in [0.25, 0.3) is 5.89 Å². The van der Waals surface area contributed by atoms with Crippen LogP contribution in [0.25, 0.3) is 11.7 Å². The number of oxazole rings is 1. The average Bonchev–Trinajstić information content (AvgIpc) is 3.38. The molecule has 148 valence electrons. The topological polar surface area (TPSA) is 73.3 Å². The van der Waals surface area contributed by atoms with Gasteiger partial charge in [-0.2, -0.15) is 4.98 Å². The van der Waals surface area contributed by atoms with Crippen molar-refractivity contribution < 1.29 is 21.6 Å². The highest BCUT2D eigenvalue weighted by molar-refractivity contribution is 9.10. The van der Waals surface area contributed by atoms with Gasteiger partial charge in [0.15, 0.2) is 5.76 Å². The average molecular weight is 494 g/mol. The van der Waals surface area contributed by atoms with Crippen LogP contribution in [0.2, 0.25) is 0 Å². The SMILES string of the molecule is O=S(=O)(c1ccc(Br)cc1)c1nc(-c2ccco2)oc1SCc1ccc(F)cc1. The van der Waals surface area contributed by atoms with Crippen LogP contribution < -0.4 is 0 Å². The Hall–Kier alpha value is -2.36. The van der Waals surface area contributed by atoms with Gasteiger partial charge in [0.05, 0.1) is 11.2 Å². The van der Waals surface area contributed by atoms with Crippen LogP contribution in [0.3, 0.4) is 0 Å². The van der Waals surface area contributed by atoms with Gasteiger partial charge < -0.3 is 8.83 Å². The van der Waals surface area contributed by atoms with Crippen LogP contribution in [0.4, 0.5) is 4.39 Å². The molecule has 9 heteroatoms. The fourth-order valence-electron chi connectivity index (χ4n) is 2.51. The van der Waals surface area contributed by atoms with Crippen LogP contribution in [-0.4, -0.2) is 13.4 Å². The van der Waals surface area contributed by atoms with Gasteiger partial charge in [0, 0.05) is 10.2 Å². The van der Waals surface area contributed by atoms with E-state index in [0.29, 0.717) is 11.5 Å². The van der Waals surface area contributed by atoms with E-state index >= 15 is 0 Å². The van der Waals surface area contributed by atoms with Crippen molar-refractivity contribution in [2.45, 2.75) is 20.8 Å². The van der Waals surface area contributed by atoms with Crippen LogP contribution in [0.1, 0.15) is 5.56 Å². The number of rotatable bonds is 6. The van der Waals surface area contributed by atoms with Crippen molar-refractivity contribution in [3.63, 3.8) is 0 Å². The van der Waals surface area contributed by atoms with E-state index in [2.05, 4.69) is 20.9 Å². The molecule has 0 atom stereocenters. The second kappa shape index (κ2) is 8.17. The Morgan fingerprint density at radius 3 is 2.41 bits per heavy atom. The van der Waals surface area contributed by atoms with Crippen molar-refractivity contribution in [1.82, 2.24) is 4.98 Å². The summed E-state index contributed by atoms with van der Waals surface area (Å²) in [4.78, 5) is 4.31. The quantitative estimate of drug-likeness (QED) is 0.308. The molecule has 0 spiro atoms. The highest BCUT2D eigenvalue weighted by atomic mass is 79.9. The van der Waals surface area contributed by atoms with Gasteiger partial charge in [-0.05, 0) is 54.1 Å². The maximum Gasteiger partial charge on any atom is 0.265 e. The van der Waals surface area contributed by atoms with Crippen LogP contribution >= 0.6 is 27.7 Å². The van der Waals surface area contributed by atoms with Gasteiger partial charge in [-0.1, -0.05) is 39.8 Å². The van der Waals surface area contributed by atoms with E-state index in [1.807, 2.05) is 0 Å². The summed E-state index contributed by atoms with van der Waals surface area (Å²) in [5.41, 5.74) is 0.819. The predicted molar refractivity (Wildman–Crippen MR) is 110 cm³/mol. The Labute approximate surface area is 179 Å². The number of halogens is 2. The first-order valence-corrected chi connectivity index (χ1v) is 11.6. The summed E-state index contributed by atoms with van der Waals surface area (Å²) in [5.74, 6) is 0.450. The fourth-order valence-corrected chi connectivity index (χ4v) is 5.26. The molecule has 0 unspecified atom stereocenters. The second-order valence-electron chi connectivity index (χ2n) is 5.96. The number of hydrogen-bond donors (Lipinski definition) is 0. The van der Waals surface area contributed by atoms with Crippen molar-refractivity contribution in [1.29, 1.82) is 0 Å². The first-order chi connectivity index (χ1) is 13.9. The second-order valence-corrected chi connectivity index (χ2v) is 9.69. The zero-order chi connectivity index (χ0) is 20.4. The van der Waals surface area contributed by atoms with Gasteiger partial charge in [-0.25, -0.2) is 12.8 Å². The van der Waals surface area contributed by atoms with Crippen LogP contribution in [-0.2, 0) is 15.6 Å². The molecule has 0 saturated carbocycles. The van der Waals surface area contributed by atoms with Gasteiger partial charge in [-0.15, -0.1) is 0 Å². The zero-order valence-corrected chi connectivity index (χ0v) is 17.9. The molecule has 29 heavy (non-hydrogen) atoms. The number of benzene rings is 2. The predicted octanol–water partition coefficient (Wildman–Crippen LogP) is 5.96. The zero-order valence-electron chi connectivity index (χ0n) is 14.7. The molecule has 0 aliphatic heterocycles. The normalized spacial score (nSPS) is 11.7. The summed E-state index contributed by atoms with van der Waals surface area (Å²) < 4.78 is 51.2. The summed E-state index contributed by atoms with van der Waals surface area (Å²) >= 11 is 4.46. The van der Waals surface area contributed by atoms with Gasteiger partial charge in [0.1, 0.15) is 5.82 Å². The molecule has 0 bridgehead atoms. The molecule has 0 amide bonds. The van der Waals surface area contributed by atoms with E-state index in [9.17, 15) is 12.8 Å². The lowest BCUT2D eigenvalue weighted by molar-refractivity contribution is 0.451. The summed E-state index contributed by atoms with van der Waals surface area (Å²) in [5, 5.41) is -0.0398. The summed E-state index contributed by atoms with van der Waals surface area (Å²) in [7, 11) is -3.92. The third-order valence-electron chi connectivity index (χ3n) is 3.96. The fraction of sp³-hybridized carbons (Fsp3) is 0.0500. The van der Waals surface area contributed by atoms with Crippen molar-refractivity contribution in [3.05, 3.63) is 82.8 Å². The van der Waals surface area contributed by atoms with Gasteiger partial charge in [-0.3, -0.25) is 0 Å². The molecule has 2 aromatic carbocycles. The molecule has 0 radical (unpaired) electrons. The summed E-state index contributed by atoms with van der Waals surface area (Å²) in [6, 6.07) is 15.5. The number of sulfone groups is 1. The molecule has 0 N–H and O–H groups in total. The molecule has 2 heterocycles. The Bertz CT molecular complexity index is 1220. The Morgan fingerprint density at radius 1 is 1.03 bits per heavy atom. The van der Waals surface area contributed by atoms with E-state index in [-0.39, 0.29) is 26.7 Å². The minimum absolute atomic E-state index is 0.0762. The first kappa shape index (κ1) is 19.9. The van der Waals surface area contributed by atoms with E-state index in [4.69, 9.17) is 8.83 Å². The largest absolute Gasteiger partial charge is 0.459 e. The van der Waals surface area contributed by atoms with Crippen molar-refractivity contribution >= 4 is 37.5 Å². The summed E-state index contributed by atoms with van der Waals surface area (Å²) in [6.45, 7) is 0. The van der Waals surface area contributed by atoms with Crippen molar-refractivity contribution in [2.24, 2.45) is 0 Å². The molecule has 2 aromatic heterocycles. The lowest BCUT2D eigenvalue weighted by atomic mass is 10.2. The minimum Gasteiger partial charge on any atom is -0.459 e. The number of furan rings is 1. The Kier molecular flexibility index (Phi) is 5.62. The van der Waals surface area contributed by atoms with Crippen LogP contribution in [0, 0.1) is 5.82 Å². The minimum atomic E-state index is -3.92. The Morgan fingerprint density at radius 2 is 1.76 bits per heavy atom. The smallest absolute Gasteiger partial charge is 0.265 e. The lowest BCUT2D eigenvalue weighted by Gasteiger charge is -2.04. The highest BCUT2D eigenvalue weighted by Crippen LogP contribution is 2.36. The van der Waals surface area contributed by atoms with E-state index in [1.165, 1.54) is 42.3 Å². The van der Waals surface area contributed by atoms with Crippen molar-refractivity contribution in [2.75, 3.05) is 0 Å². The molecule has 5 nitrogen and oxygen atoms in total. The van der Waals surface area contributed by atoms with Crippen LogP contribution in [0.15, 0.2) is 95.2 Å².